The van der Waals surface area contributed by atoms with Crippen LogP contribution in [0.1, 0.15) is 6.23 Å². The molecule has 0 bridgehead atoms. The van der Waals surface area contributed by atoms with Crippen LogP contribution in [0.2, 0.25) is 0 Å². The van der Waals surface area contributed by atoms with E-state index >= 15 is 0 Å². The van der Waals surface area contributed by atoms with Gasteiger partial charge in [0.2, 0.25) is 0 Å². The molecule has 0 radical (unpaired) electrons. The lowest BCUT2D eigenvalue weighted by Gasteiger charge is -2.26. The van der Waals surface area contributed by atoms with E-state index in [0.29, 0.717) is 0 Å². The van der Waals surface area contributed by atoms with Crippen LogP contribution >= 0.6 is 0 Å². The Morgan fingerprint density at radius 1 is 1.04 bits per heavy atom. The Hall–Kier alpha value is -1.89. The molecule has 11 nitrogen and oxygen atoms in total. The van der Waals surface area contributed by atoms with Crippen LogP contribution in [0.5, 0.6) is 0 Å². The summed E-state index contributed by atoms with van der Waals surface area (Å²) < 4.78 is 6.76. The summed E-state index contributed by atoms with van der Waals surface area (Å²) in [6.07, 6.45) is -6.59. The fourth-order valence-electron chi connectivity index (χ4n) is 2.57. The van der Waals surface area contributed by atoms with Crippen molar-refractivity contribution in [2.45, 2.75) is 36.7 Å². The van der Waals surface area contributed by atoms with E-state index in [0.717, 1.165) is 0 Å². The Kier molecular flexibility index (Phi) is 4.14. The highest BCUT2D eigenvalue weighted by atomic mass is 16.6. The topological polar surface area (TPSA) is 180 Å². The zero-order chi connectivity index (χ0) is 16.7. The second-order valence-electron chi connectivity index (χ2n) is 5.29. The lowest BCUT2D eigenvalue weighted by atomic mass is 10.0. The summed E-state index contributed by atoms with van der Waals surface area (Å²) in [5.74, 6) is 0.121. The Balaban J connectivity index is 2.06. The summed E-state index contributed by atoms with van der Waals surface area (Å²) in [5.41, 5.74) is 6.19. The van der Waals surface area contributed by atoms with Crippen LogP contribution in [0.3, 0.4) is 0 Å². The van der Waals surface area contributed by atoms with Crippen LogP contribution in [-0.2, 0) is 4.74 Å². The maximum Gasteiger partial charge on any atom is 0.167 e. The van der Waals surface area contributed by atoms with Crippen molar-refractivity contribution in [1.82, 2.24) is 19.5 Å². The lowest BCUT2D eigenvalue weighted by molar-refractivity contribution is -0.149. The molecule has 0 unspecified atom stereocenters. The molecule has 0 spiro atoms. The molecule has 2 aromatic heterocycles. The summed E-state index contributed by atoms with van der Waals surface area (Å²) in [4.78, 5) is 11.8. The maximum absolute atomic E-state index is 10.3. The van der Waals surface area contributed by atoms with Gasteiger partial charge in [-0.2, -0.15) is 0 Å². The van der Waals surface area contributed by atoms with Gasteiger partial charge in [0.25, 0.3) is 0 Å². The number of fused-ring (bicyclic) bond motifs is 1. The van der Waals surface area contributed by atoms with Gasteiger partial charge in [0.15, 0.2) is 17.7 Å². The zero-order valence-corrected chi connectivity index (χ0v) is 11.8. The van der Waals surface area contributed by atoms with Gasteiger partial charge in [0, 0.05) is 0 Å². The molecule has 2 aromatic rings. The molecule has 1 fully saturated rings. The molecule has 0 aromatic carbocycles. The largest absolute Gasteiger partial charge is 0.394 e. The first-order valence-corrected chi connectivity index (χ1v) is 6.87. The SMILES string of the molecule is Nc1ncnc2c1ncn2[C@@H]1O[C@H](CO)[C@@H](O)[C@@H](O)[C@@H](O)[C@H]1O. The van der Waals surface area contributed by atoms with Crippen LogP contribution in [0.15, 0.2) is 12.7 Å². The van der Waals surface area contributed by atoms with E-state index in [4.69, 9.17) is 10.5 Å². The van der Waals surface area contributed by atoms with Gasteiger partial charge in [0.05, 0.1) is 12.9 Å². The highest BCUT2D eigenvalue weighted by Gasteiger charge is 2.45. The first-order valence-electron chi connectivity index (χ1n) is 6.87. The van der Waals surface area contributed by atoms with E-state index in [1.54, 1.807) is 0 Å². The summed E-state index contributed by atoms with van der Waals surface area (Å²) in [5, 5.41) is 49.3. The number of aromatic nitrogens is 4. The average molecular weight is 327 g/mol. The summed E-state index contributed by atoms with van der Waals surface area (Å²) >= 11 is 0. The van der Waals surface area contributed by atoms with E-state index in [1.165, 1.54) is 17.2 Å². The van der Waals surface area contributed by atoms with Crippen LogP contribution in [0.25, 0.3) is 11.2 Å². The Morgan fingerprint density at radius 2 is 1.74 bits per heavy atom. The van der Waals surface area contributed by atoms with Crippen LogP contribution in [-0.4, -0.2) is 82.2 Å². The van der Waals surface area contributed by atoms with E-state index in [-0.39, 0.29) is 17.0 Å². The highest BCUT2D eigenvalue weighted by Crippen LogP contribution is 2.30. The van der Waals surface area contributed by atoms with Crippen molar-refractivity contribution >= 4 is 17.0 Å². The summed E-state index contributed by atoms with van der Waals surface area (Å²) in [6.45, 7) is -0.627. The van der Waals surface area contributed by atoms with Gasteiger partial charge in [-0.1, -0.05) is 0 Å². The van der Waals surface area contributed by atoms with Crippen molar-refractivity contribution in [3.05, 3.63) is 12.7 Å². The standard InChI is InChI=1S/C12H17N5O6/c13-10-5-11(15-2-14-10)17(3-16-5)12-9(22)8(21)7(20)6(19)4(1-18)23-12/h2-4,6-9,12,18-22H,1H2,(H2,13,14,15)/t4-,6-,7-,8-,9-,12-/m1/s1. The molecule has 6 atom stereocenters. The predicted molar refractivity (Wildman–Crippen MR) is 74.8 cm³/mol. The number of rotatable bonds is 2. The first kappa shape index (κ1) is 16.0. The van der Waals surface area contributed by atoms with E-state index in [9.17, 15) is 25.5 Å². The van der Waals surface area contributed by atoms with Gasteiger partial charge in [-0.25, -0.2) is 15.0 Å². The van der Waals surface area contributed by atoms with E-state index in [1.807, 2.05) is 0 Å². The number of anilines is 1. The predicted octanol–water partition coefficient (Wildman–Crippen LogP) is -3.26. The monoisotopic (exact) mass is 327 g/mol. The van der Waals surface area contributed by atoms with E-state index < -0.39 is 43.4 Å². The molecule has 1 aliphatic heterocycles. The number of aliphatic hydroxyl groups is 5. The zero-order valence-electron chi connectivity index (χ0n) is 11.8. The second kappa shape index (κ2) is 5.96. The highest BCUT2D eigenvalue weighted by molar-refractivity contribution is 5.81. The second-order valence-corrected chi connectivity index (χ2v) is 5.29. The molecular formula is C12H17N5O6. The smallest absolute Gasteiger partial charge is 0.167 e. The molecule has 0 amide bonds. The molecule has 0 aliphatic carbocycles. The molecule has 3 rings (SSSR count). The molecule has 23 heavy (non-hydrogen) atoms. The minimum atomic E-state index is -1.71. The number of nitrogens with two attached hydrogens (primary N) is 1. The number of ether oxygens (including phenoxy) is 1. The third-order valence-electron chi connectivity index (χ3n) is 3.88. The third kappa shape index (κ3) is 2.52. The number of hydrogen-bond acceptors (Lipinski definition) is 10. The number of nitrogen functional groups attached to an aromatic ring is 1. The number of hydrogen-bond donors (Lipinski definition) is 6. The van der Waals surface area contributed by atoms with Crippen molar-refractivity contribution in [1.29, 1.82) is 0 Å². The molecule has 3 heterocycles. The van der Waals surface area contributed by atoms with Gasteiger partial charge in [-0.15, -0.1) is 0 Å². The Bertz CT molecular complexity index is 694. The molecule has 126 valence electrons. The van der Waals surface area contributed by atoms with Gasteiger partial charge >= 0.3 is 0 Å². The van der Waals surface area contributed by atoms with Crippen molar-refractivity contribution in [2.24, 2.45) is 0 Å². The molecule has 0 saturated carbocycles. The molecular weight excluding hydrogens is 310 g/mol. The fraction of sp³-hybridized carbons (Fsp3) is 0.583. The van der Waals surface area contributed by atoms with Crippen molar-refractivity contribution < 1.29 is 30.3 Å². The average Bonchev–Trinajstić information content (AvgIpc) is 2.95. The number of nitrogens with zero attached hydrogens (tertiary/aromatic N) is 4. The Labute approximate surface area is 129 Å². The van der Waals surface area contributed by atoms with Crippen LogP contribution in [0.4, 0.5) is 5.82 Å². The number of aliphatic hydroxyl groups excluding tert-OH is 5. The van der Waals surface area contributed by atoms with Crippen molar-refractivity contribution in [3.63, 3.8) is 0 Å². The van der Waals surface area contributed by atoms with Crippen molar-refractivity contribution in [3.8, 4) is 0 Å². The van der Waals surface area contributed by atoms with Crippen LogP contribution < -0.4 is 5.73 Å². The third-order valence-corrected chi connectivity index (χ3v) is 3.88. The number of imidazole rings is 1. The van der Waals surface area contributed by atoms with E-state index in [2.05, 4.69) is 15.0 Å². The first-order chi connectivity index (χ1) is 11.0. The minimum Gasteiger partial charge on any atom is -0.394 e. The Morgan fingerprint density at radius 3 is 2.43 bits per heavy atom. The summed E-state index contributed by atoms with van der Waals surface area (Å²) in [6, 6.07) is 0. The van der Waals surface area contributed by atoms with Crippen LogP contribution in [0, 0.1) is 0 Å². The fourth-order valence-corrected chi connectivity index (χ4v) is 2.57. The van der Waals surface area contributed by atoms with Crippen molar-refractivity contribution in [2.75, 3.05) is 12.3 Å². The lowest BCUT2D eigenvalue weighted by Crippen LogP contribution is -2.47. The van der Waals surface area contributed by atoms with Gasteiger partial charge in [-0.05, 0) is 0 Å². The molecule has 1 saturated heterocycles. The van der Waals surface area contributed by atoms with Gasteiger partial charge in [-0.3, -0.25) is 4.57 Å². The summed E-state index contributed by atoms with van der Waals surface area (Å²) in [7, 11) is 0. The molecule has 1 aliphatic rings. The van der Waals surface area contributed by atoms with Gasteiger partial charge in [0.1, 0.15) is 42.4 Å². The molecule has 11 heteroatoms. The van der Waals surface area contributed by atoms with Gasteiger partial charge < -0.3 is 36.0 Å². The normalized spacial score (nSPS) is 35.3. The minimum absolute atomic E-state index is 0.121. The maximum atomic E-state index is 10.3. The quantitative estimate of drug-likeness (QED) is 0.328. The molecule has 7 N–H and O–H groups in total.